The van der Waals surface area contributed by atoms with Gasteiger partial charge in [0.2, 0.25) is 5.91 Å². The fourth-order valence-corrected chi connectivity index (χ4v) is 2.31. The topological polar surface area (TPSA) is 120 Å². The van der Waals surface area contributed by atoms with E-state index in [4.69, 9.17) is 5.73 Å². The molecule has 2 heterocycles. The Hall–Kier alpha value is -1.89. The van der Waals surface area contributed by atoms with Gasteiger partial charge in [-0.1, -0.05) is 0 Å². The highest BCUT2D eigenvalue weighted by molar-refractivity contribution is 5.89. The number of quaternary nitrogens is 1. The van der Waals surface area contributed by atoms with Crippen LogP contribution in [0.1, 0.15) is 18.5 Å². The van der Waals surface area contributed by atoms with Crippen molar-refractivity contribution in [3.8, 4) is 0 Å². The van der Waals surface area contributed by atoms with Gasteiger partial charge in [-0.15, -0.1) is 0 Å². The van der Waals surface area contributed by atoms with E-state index in [1.165, 1.54) is 0 Å². The van der Waals surface area contributed by atoms with E-state index < -0.39 is 18.0 Å². The maximum atomic E-state index is 12.2. The predicted octanol–water partition coefficient (Wildman–Crippen LogP) is -1.96. The Labute approximate surface area is 105 Å². The van der Waals surface area contributed by atoms with Gasteiger partial charge < -0.3 is 21.4 Å². The monoisotopic (exact) mass is 252 g/mol. The molecule has 0 aromatic carbocycles. The molecule has 0 radical (unpaired) electrons. The smallest absolute Gasteiger partial charge is 0.281 e. The summed E-state index contributed by atoms with van der Waals surface area (Å²) < 4.78 is 0. The third kappa shape index (κ3) is 2.51. The second-order valence-corrected chi connectivity index (χ2v) is 4.57. The summed E-state index contributed by atoms with van der Waals surface area (Å²) in [5, 5.41) is 0. The molecule has 1 aliphatic rings. The number of hydrogen-bond acceptors (Lipinski definition) is 3. The number of nitrogens with two attached hydrogens (primary N) is 1. The van der Waals surface area contributed by atoms with E-state index in [0.717, 1.165) is 12.1 Å². The first-order chi connectivity index (χ1) is 8.59. The molecule has 7 nitrogen and oxygen atoms in total. The maximum absolute atomic E-state index is 12.2. The van der Waals surface area contributed by atoms with Crippen LogP contribution in [0.4, 0.5) is 0 Å². The lowest BCUT2D eigenvalue weighted by Gasteiger charge is -2.23. The summed E-state index contributed by atoms with van der Waals surface area (Å²) in [4.78, 5) is 31.8. The van der Waals surface area contributed by atoms with Crippen molar-refractivity contribution in [3.63, 3.8) is 0 Å². The Kier molecular flexibility index (Phi) is 3.61. The first-order valence-corrected chi connectivity index (χ1v) is 5.99. The van der Waals surface area contributed by atoms with Crippen LogP contribution in [0, 0.1) is 0 Å². The summed E-state index contributed by atoms with van der Waals surface area (Å²) in [6, 6.07) is -0.895. The van der Waals surface area contributed by atoms with Crippen LogP contribution in [0.3, 0.4) is 0 Å². The molecule has 0 saturated carbocycles. The van der Waals surface area contributed by atoms with E-state index >= 15 is 0 Å². The van der Waals surface area contributed by atoms with E-state index in [1.54, 1.807) is 17.4 Å². The molecule has 2 atom stereocenters. The molecule has 1 saturated heterocycles. The lowest BCUT2D eigenvalue weighted by molar-refractivity contribution is -0.405. The van der Waals surface area contributed by atoms with Gasteiger partial charge in [0.05, 0.1) is 12.7 Å². The van der Waals surface area contributed by atoms with Crippen molar-refractivity contribution in [2.24, 2.45) is 5.73 Å². The molecule has 0 bridgehead atoms. The number of hydrogen-bond donors (Lipinski definition) is 3. The number of likely N-dealkylation sites (tertiary alicyclic amines) is 1. The van der Waals surface area contributed by atoms with Gasteiger partial charge in [-0.3, -0.25) is 9.59 Å². The van der Waals surface area contributed by atoms with Gasteiger partial charge in [0.1, 0.15) is 6.04 Å². The fourth-order valence-electron chi connectivity index (χ4n) is 2.31. The van der Waals surface area contributed by atoms with Crippen LogP contribution >= 0.6 is 0 Å². The Morgan fingerprint density at radius 3 is 3.06 bits per heavy atom. The summed E-state index contributed by atoms with van der Waals surface area (Å²) in [6.07, 6.45) is 5.18. The molecule has 18 heavy (non-hydrogen) atoms. The number of aromatic amines is 1. The van der Waals surface area contributed by atoms with Crippen molar-refractivity contribution < 1.29 is 15.3 Å². The normalized spacial score (nSPS) is 20.9. The molecular weight excluding hydrogens is 234 g/mol. The van der Waals surface area contributed by atoms with E-state index in [-0.39, 0.29) is 5.91 Å². The number of nitrogens with zero attached hydrogens (tertiary/aromatic N) is 2. The molecule has 0 aliphatic carbocycles. The molecule has 2 rings (SSSR count). The van der Waals surface area contributed by atoms with Crippen LogP contribution in [-0.4, -0.2) is 45.3 Å². The highest BCUT2D eigenvalue weighted by Crippen LogP contribution is 2.17. The second kappa shape index (κ2) is 5.18. The van der Waals surface area contributed by atoms with Gasteiger partial charge in [0, 0.05) is 18.4 Å². The van der Waals surface area contributed by atoms with Crippen LogP contribution < -0.4 is 11.5 Å². The van der Waals surface area contributed by atoms with E-state index in [1.807, 2.05) is 0 Å². The van der Waals surface area contributed by atoms with Crippen molar-refractivity contribution in [3.05, 3.63) is 18.2 Å². The zero-order valence-electron chi connectivity index (χ0n) is 10.1. The summed E-state index contributed by atoms with van der Waals surface area (Å²) in [6.45, 7) is 0.585. The largest absolute Gasteiger partial charge is 0.368 e. The molecule has 1 unspecified atom stereocenters. The zero-order valence-corrected chi connectivity index (χ0v) is 10.1. The first-order valence-electron chi connectivity index (χ1n) is 5.99. The minimum atomic E-state index is -0.469. The van der Waals surface area contributed by atoms with Gasteiger partial charge in [-0.2, -0.15) is 0 Å². The lowest BCUT2D eigenvalue weighted by Crippen LogP contribution is -2.69. The van der Waals surface area contributed by atoms with Gasteiger partial charge in [0.15, 0.2) is 6.04 Å². The Bertz CT molecular complexity index is 431. The minimum Gasteiger partial charge on any atom is -0.368 e. The molecule has 7 heteroatoms. The van der Waals surface area contributed by atoms with Gasteiger partial charge in [0.25, 0.3) is 5.91 Å². The lowest BCUT2D eigenvalue weighted by atomic mass is 10.1. The number of aromatic nitrogens is 2. The number of rotatable bonds is 4. The van der Waals surface area contributed by atoms with Gasteiger partial charge in [-0.05, 0) is 12.8 Å². The Balaban J connectivity index is 1.99. The number of nitrogens with one attached hydrogen (secondary N) is 1. The number of carbonyl (C=O) groups is 2. The zero-order chi connectivity index (χ0) is 13.1. The summed E-state index contributed by atoms with van der Waals surface area (Å²) in [5.41, 5.74) is 10.0. The molecule has 1 aromatic rings. The van der Waals surface area contributed by atoms with Crippen LogP contribution in [-0.2, 0) is 16.0 Å². The molecule has 1 fully saturated rings. The number of imidazole rings is 1. The average molecular weight is 252 g/mol. The minimum absolute atomic E-state index is 0.120. The number of carbonyl (C=O) groups excluding carboxylic acids is 2. The molecule has 6 N–H and O–H groups in total. The van der Waals surface area contributed by atoms with Crippen molar-refractivity contribution in [2.75, 3.05) is 6.54 Å². The third-order valence-electron chi connectivity index (χ3n) is 3.23. The van der Waals surface area contributed by atoms with Crippen LogP contribution in [0.5, 0.6) is 0 Å². The van der Waals surface area contributed by atoms with Gasteiger partial charge >= 0.3 is 0 Å². The second-order valence-electron chi connectivity index (χ2n) is 4.57. The van der Waals surface area contributed by atoms with Crippen LogP contribution in [0.15, 0.2) is 12.5 Å². The number of H-pyrrole nitrogens is 1. The fraction of sp³-hybridized carbons (Fsp3) is 0.545. The first kappa shape index (κ1) is 12.6. The predicted molar refractivity (Wildman–Crippen MR) is 62.9 cm³/mol. The molecule has 1 aliphatic heterocycles. The van der Waals surface area contributed by atoms with Crippen molar-refractivity contribution >= 4 is 11.8 Å². The quantitative estimate of drug-likeness (QED) is 0.577. The van der Waals surface area contributed by atoms with E-state index in [0.29, 0.717) is 19.4 Å². The summed E-state index contributed by atoms with van der Waals surface area (Å²) in [7, 11) is 0. The Morgan fingerprint density at radius 2 is 2.44 bits per heavy atom. The average Bonchev–Trinajstić information content (AvgIpc) is 2.97. The summed E-state index contributed by atoms with van der Waals surface area (Å²) in [5.74, 6) is -0.555. The van der Waals surface area contributed by atoms with Crippen molar-refractivity contribution in [1.29, 1.82) is 0 Å². The van der Waals surface area contributed by atoms with Crippen molar-refractivity contribution in [1.82, 2.24) is 14.9 Å². The highest BCUT2D eigenvalue weighted by atomic mass is 16.2. The standard InChI is InChI=1S/C11H17N5O2/c12-8(4-7-5-14-6-15-7)11(18)16-3-1-2-9(16)10(13)17/h5-6,8-9H,1-4,12H2,(H2,13,17)(H,14,15)/p+1/t8-,9?/m0/s1. The van der Waals surface area contributed by atoms with E-state index in [2.05, 4.69) is 15.7 Å². The molecule has 2 amide bonds. The summed E-state index contributed by atoms with van der Waals surface area (Å²) >= 11 is 0. The third-order valence-corrected chi connectivity index (χ3v) is 3.23. The van der Waals surface area contributed by atoms with Gasteiger partial charge in [-0.25, -0.2) is 4.98 Å². The molecule has 1 aromatic heterocycles. The van der Waals surface area contributed by atoms with E-state index in [9.17, 15) is 9.59 Å². The maximum Gasteiger partial charge on any atom is 0.281 e. The highest BCUT2D eigenvalue weighted by Gasteiger charge is 2.36. The van der Waals surface area contributed by atoms with Crippen molar-refractivity contribution in [2.45, 2.75) is 31.3 Å². The molecule has 0 spiro atoms. The van der Waals surface area contributed by atoms with Crippen LogP contribution in [0.2, 0.25) is 0 Å². The SMILES string of the molecule is NC(=O)C1CCCN1C(=O)[C@@H]([NH3+])Cc1cnc[nH]1. The number of primary amides is 1. The molecule has 98 valence electrons. The number of amides is 2. The Morgan fingerprint density at radius 1 is 1.67 bits per heavy atom. The van der Waals surface area contributed by atoms with Crippen LogP contribution in [0.25, 0.3) is 0 Å². The molecular formula is C11H18N5O2+.